The first-order valence-electron chi connectivity index (χ1n) is 3.92. The third-order valence-corrected chi connectivity index (χ3v) is 2.09. The summed E-state index contributed by atoms with van der Waals surface area (Å²) in [6, 6.07) is 0.358. The number of nitrogens with two attached hydrogens (primary N) is 1. The lowest BCUT2D eigenvalue weighted by molar-refractivity contribution is 0.265. The van der Waals surface area contributed by atoms with Crippen molar-refractivity contribution in [2.45, 2.75) is 39.2 Å². The zero-order valence-corrected chi connectivity index (χ0v) is 6.98. The molecule has 1 rings (SSSR count). The zero-order chi connectivity index (χ0) is 7.78. The van der Waals surface area contributed by atoms with Gasteiger partial charge >= 0.3 is 0 Å². The minimum absolute atomic E-state index is 0.358. The first kappa shape index (κ1) is 7.80. The van der Waals surface area contributed by atoms with Crippen LogP contribution in [0.15, 0.2) is 12.2 Å². The quantitative estimate of drug-likeness (QED) is 0.511. The van der Waals surface area contributed by atoms with Crippen molar-refractivity contribution >= 4 is 0 Å². The van der Waals surface area contributed by atoms with Crippen molar-refractivity contribution in [1.29, 1.82) is 0 Å². The molecule has 2 N–H and O–H groups in total. The highest BCUT2D eigenvalue weighted by molar-refractivity contribution is 5.06. The van der Waals surface area contributed by atoms with Crippen molar-refractivity contribution in [2.24, 2.45) is 11.1 Å². The minimum atomic E-state index is 0.358. The van der Waals surface area contributed by atoms with Gasteiger partial charge in [0.15, 0.2) is 0 Å². The molecule has 1 fully saturated rings. The fourth-order valence-corrected chi connectivity index (χ4v) is 1.97. The molecule has 58 valence electrons. The molecule has 10 heavy (non-hydrogen) atoms. The first-order valence-corrected chi connectivity index (χ1v) is 3.92. The number of rotatable bonds is 0. The maximum atomic E-state index is 5.84. The Kier molecular flexibility index (Phi) is 1.86. The number of hydrogen-bond acceptors (Lipinski definition) is 1. The molecule has 1 aliphatic carbocycles. The van der Waals surface area contributed by atoms with Crippen molar-refractivity contribution in [3.05, 3.63) is 12.2 Å². The van der Waals surface area contributed by atoms with E-state index in [9.17, 15) is 0 Å². The van der Waals surface area contributed by atoms with E-state index in [2.05, 4.69) is 20.4 Å². The second kappa shape index (κ2) is 2.39. The van der Waals surface area contributed by atoms with Gasteiger partial charge in [-0.15, -0.1) is 0 Å². The largest absolute Gasteiger partial charge is 0.327 e. The van der Waals surface area contributed by atoms with E-state index in [1.54, 1.807) is 0 Å². The van der Waals surface area contributed by atoms with Gasteiger partial charge in [-0.25, -0.2) is 0 Å². The second-order valence-electron chi connectivity index (χ2n) is 4.26. The maximum absolute atomic E-state index is 5.84. The van der Waals surface area contributed by atoms with Crippen molar-refractivity contribution in [3.63, 3.8) is 0 Å². The van der Waals surface area contributed by atoms with Gasteiger partial charge in [-0.05, 0) is 24.7 Å². The van der Waals surface area contributed by atoms with Crippen LogP contribution in [-0.2, 0) is 0 Å². The van der Waals surface area contributed by atoms with Crippen LogP contribution >= 0.6 is 0 Å². The average molecular weight is 139 g/mol. The summed E-state index contributed by atoms with van der Waals surface area (Å²) in [4.78, 5) is 0. The molecule has 1 nitrogen and oxygen atoms in total. The molecule has 0 radical (unpaired) electrons. The van der Waals surface area contributed by atoms with Crippen LogP contribution in [0.3, 0.4) is 0 Å². The van der Waals surface area contributed by atoms with Gasteiger partial charge in [-0.2, -0.15) is 0 Å². The van der Waals surface area contributed by atoms with Crippen LogP contribution in [0, 0.1) is 5.41 Å². The van der Waals surface area contributed by atoms with E-state index in [0.29, 0.717) is 11.5 Å². The molecule has 0 saturated heterocycles. The van der Waals surface area contributed by atoms with Crippen LogP contribution in [0.5, 0.6) is 0 Å². The Labute approximate surface area is 63.3 Å². The molecule has 0 aromatic rings. The Balaban J connectivity index is 2.59. The Morgan fingerprint density at radius 3 is 2.60 bits per heavy atom. The number of hydrogen-bond donors (Lipinski definition) is 1. The third kappa shape index (κ3) is 1.84. The minimum Gasteiger partial charge on any atom is -0.327 e. The third-order valence-electron chi connectivity index (χ3n) is 2.09. The van der Waals surface area contributed by atoms with Crippen molar-refractivity contribution in [1.82, 2.24) is 0 Å². The van der Waals surface area contributed by atoms with E-state index in [4.69, 9.17) is 5.73 Å². The fraction of sp³-hybridized carbons (Fsp3) is 0.778. The van der Waals surface area contributed by atoms with Gasteiger partial charge in [0.2, 0.25) is 0 Å². The summed E-state index contributed by atoms with van der Waals surface area (Å²) in [5.41, 5.74) is 7.56. The standard InChI is InChI=1S/C9H17N/c1-7-4-8(10)6-9(2,3)5-7/h8H,1,4-6,10H2,2-3H3. The van der Waals surface area contributed by atoms with Gasteiger partial charge < -0.3 is 5.73 Å². The summed E-state index contributed by atoms with van der Waals surface area (Å²) in [6.45, 7) is 8.50. The van der Waals surface area contributed by atoms with Crippen LogP contribution in [0.1, 0.15) is 33.1 Å². The van der Waals surface area contributed by atoms with Gasteiger partial charge in [-0.3, -0.25) is 0 Å². The van der Waals surface area contributed by atoms with Crippen LogP contribution < -0.4 is 5.73 Å². The molecular weight excluding hydrogens is 122 g/mol. The summed E-state index contributed by atoms with van der Waals surface area (Å²) in [6.07, 6.45) is 3.33. The topological polar surface area (TPSA) is 26.0 Å². The van der Waals surface area contributed by atoms with Crippen LogP contribution in [0.4, 0.5) is 0 Å². The summed E-state index contributed by atoms with van der Waals surface area (Å²) in [5.74, 6) is 0. The van der Waals surface area contributed by atoms with Crippen molar-refractivity contribution < 1.29 is 0 Å². The van der Waals surface area contributed by atoms with E-state index in [0.717, 1.165) is 19.3 Å². The molecule has 0 heterocycles. The molecule has 0 aromatic heterocycles. The predicted octanol–water partition coefficient (Wildman–Crippen LogP) is 2.08. The molecule has 1 unspecified atom stereocenters. The molecule has 0 bridgehead atoms. The van der Waals surface area contributed by atoms with E-state index >= 15 is 0 Å². The van der Waals surface area contributed by atoms with Gasteiger partial charge in [0.05, 0.1) is 0 Å². The molecule has 1 aliphatic rings. The summed E-state index contributed by atoms with van der Waals surface area (Å²) in [5, 5.41) is 0. The normalized spacial score (nSPS) is 32.3. The van der Waals surface area contributed by atoms with Gasteiger partial charge in [0.1, 0.15) is 0 Å². The van der Waals surface area contributed by atoms with E-state index in [1.807, 2.05) is 0 Å². The van der Waals surface area contributed by atoms with Crippen molar-refractivity contribution in [2.75, 3.05) is 0 Å². The first-order chi connectivity index (χ1) is 4.49. The van der Waals surface area contributed by atoms with Crippen LogP contribution in [0.25, 0.3) is 0 Å². The molecule has 0 spiro atoms. The Morgan fingerprint density at radius 2 is 2.20 bits per heavy atom. The fourth-order valence-electron chi connectivity index (χ4n) is 1.97. The van der Waals surface area contributed by atoms with Gasteiger partial charge in [0.25, 0.3) is 0 Å². The highest BCUT2D eigenvalue weighted by Gasteiger charge is 2.27. The monoisotopic (exact) mass is 139 g/mol. The highest BCUT2D eigenvalue weighted by Crippen LogP contribution is 2.36. The Hall–Kier alpha value is -0.300. The molecule has 1 heteroatoms. The lowest BCUT2D eigenvalue weighted by atomic mass is 9.73. The van der Waals surface area contributed by atoms with E-state index in [1.165, 1.54) is 5.57 Å². The molecule has 0 amide bonds. The summed E-state index contributed by atoms with van der Waals surface area (Å²) < 4.78 is 0. The highest BCUT2D eigenvalue weighted by atomic mass is 14.6. The summed E-state index contributed by atoms with van der Waals surface area (Å²) in [7, 11) is 0. The molecular formula is C9H17N. The van der Waals surface area contributed by atoms with Crippen LogP contribution in [0.2, 0.25) is 0 Å². The van der Waals surface area contributed by atoms with Gasteiger partial charge in [-0.1, -0.05) is 26.0 Å². The average Bonchev–Trinajstić information content (AvgIpc) is 1.54. The van der Waals surface area contributed by atoms with E-state index in [-0.39, 0.29) is 0 Å². The maximum Gasteiger partial charge on any atom is 0.00811 e. The SMILES string of the molecule is C=C1CC(N)CC(C)(C)C1. The van der Waals surface area contributed by atoms with Gasteiger partial charge in [0, 0.05) is 6.04 Å². The van der Waals surface area contributed by atoms with Crippen LogP contribution in [-0.4, -0.2) is 6.04 Å². The smallest absolute Gasteiger partial charge is 0.00811 e. The molecule has 1 saturated carbocycles. The molecule has 1 atom stereocenters. The van der Waals surface area contributed by atoms with Crippen molar-refractivity contribution in [3.8, 4) is 0 Å². The molecule has 0 aromatic carbocycles. The molecule has 0 aliphatic heterocycles. The van der Waals surface area contributed by atoms with E-state index < -0.39 is 0 Å². The lowest BCUT2D eigenvalue weighted by Crippen LogP contribution is -2.33. The Bertz CT molecular complexity index is 147. The zero-order valence-electron chi connectivity index (χ0n) is 6.98. The lowest BCUT2D eigenvalue weighted by Gasteiger charge is -2.34. The Morgan fingerprint density at radius 1 is 1.60 bits per heavy atom. The summed E-state index contributed by atoms with van der Waals surface area (Å²) >= 11 is 0. The second-order valence-corrected chi connectivity index (χ2v) is 4.26. The predicted molar refractivity (Wildman–Crippen MR) is 44.7 cm³/mol.